The number of ether oxygens (including phenoxy) is 1. The predicted molar refractivity (Wildman–Crippen MR) is 110 cm³/mol. The number of fused-ring (bicyclic) bond motifs is 1. The topological polar surface area (TPSA) is 85.2 Å². The summed E-state index contributed by atoms with van der Waals surface area (Å²) < 4.78 is 48.8. The van der Waals surface area contributed by atoms with Gasteiger partial charge in [0.05, 0.1) is 25.2 Å². The lowest BCUT2D eigenvalue weighted by Crippen LogP contribution is -2.59. The Morgan fingerprint density at radius 3 is 2.69 bits per heavy atom. The number of carbonyl (C=O) groups excluding carboxylic acids is 1. The monoisotopic (exact) mass is 466 g/mol. The van der Waals surface area contributed by atoms with Gasteiger partial charge in [0.1, 0.15) is 0 Å². The Hall–Kier alpha value is -3.03. The number of nitrogens with one attached hydrogen (secondary N) is 2. The number of alkyl halides is 3. The number of hydrogen-bond donors (Lipinski definition) is 2. The van der Waals surface area contributed by atoms with Crippen LogP contribution >= 0.6 is 11.6 Å². The molecule has 2 N–H and O–H groups in total. The number of aromatic nitrogens is 2. The molecule has 2 heterocycles. The third-order valence-corrected chi connectivity index (χ3v) is 5.53. The van der Waals surface area contributed by atoms with Gasteiger partial charge < -0.3 is 15.4 Å². The van der Waals surface area contributed by atoms with E-state index in [0.717, 1.165) is 18.9 Å². The second kappa shape index (κ2) is 8.15. The van der Waals surface area contributed by atoms with Crippen molar-refractivity contribution in [2.24, 2.45) is 5.92 Å². The van der Waals surface area contributed by atoms with Gasteiger partial charge in [0, 0.05) is 35.4 Å². The average Bonchev–Trinajstić information content (AvgIpc) is 3.53. The fraction of sp³-hybridized carbons (Fsp3) is 0.381. The third-order valence-electron chi connectivity index (χ3n) is 5.18. The summed E-state index contributed by atoms with van der Waals surface area (Å²) in [6, 6.07) is 2.72. The number of rotatable bonds is 4. The van der Waals surface area contributed by atoms with Crippen LogP contribution in [0.4, 0.5) is 23.7 Å². The molecular weight excluding hydrogens is 449 g/mol. The maximum absolute atomic E-state index is 14.2. The third kappa shape index (κ3) is 4.18. The normalized spacial score (nSPS) is 20.0. The maximum atomic E-state index is 14.2. The van der Waals surface area contributed by atoms with Crippen molar-refractivity contribution in [1.82, 2.24) is 14.9 Å². The van der Waals surface area contributed by atoms with Crippen molar-refractivity contribution in [3.05, 3.63) is 56.7 Å². The molecule has 11 heteroatoms. The fourth-order valence-electron chi connectivity index (χ4n) is 3.37. The summed E-state index contributed by atoms with van der Waals surface area (Å²) in [5, 5.41) is 4.33. The van der Waals surface area contributed by atoms with Gasteiger partial charge in [-0.1, -0.05) is 23.4 Å². The van der Waals surface area contributed by atoms with Crippen molar-refractivity contribution in [3.8, 4) is 11.8 Å². The van der Waals surface area contributed by atoms with E-state index in [9.17, 15) is 22.8 Å². The molecule has 7 nitrogen and oxygen atoms in total. The summed E-state index contributed by atoms with van der Waals surface area (Å²) in [6.07, 6.45) is -2.13. The lowest BCUT2D eigenvalue weighted by Gasteiger charge is -2.37. The minimum Gasteiger partial charge on any atom is -0.378 e. The van der Waals surface area contributed by atoms with Gasteiger partial charge in [0.2, 0.25) is 5.54 Å². The van der Waals surface area contributed by atoms with Crippen LogP contribution < -0.4 is 16.2 Å². The molecule has 1 aromatic carbocycles. The Balaban J connectivity index is 1.76. The van der Waals surface area contributed by atoms with Crippen LogP contribution in [0.3, 0.4) is 0 Å². The highest BCUT2D eigenvalue weighted by Crippen LogP contribution is 2.45. The molecule has 1 atom stereocenters. The number of halogens is 4. The van der Waals surface area contributed by atoms with Crippen molar-refractivity contribution in [1.29, 1.82) is 0 Å². The Labute approximate surface area is 185 Å². The molecule has 4 rings (SSSR count). The SMILES string of the molecule is COCc1cc(=O)n(Cc2cc3c(cc2Cl)[C@@](C#CC2CC2)(C(F)(F)F)NC(=O)N3)cn1. The first-order valence-electron chi connectivity index (χ1n) is 9.69. The Morgan fingerprint density at radius 1 is 1.31 bits per heavy atom. The van der Waals surface area contributed by atoms with Crippen LogP contribution in [0.1, 0.15) is 29.7 Å². The van der Waals surface area contributed by atoms with Crippen LogP contribution in [0, 0.1) is 17.8 Å². The van der Waals surface area contributed by atoms with Crippen LogP contribution in [-0.2, 0) is 23.4 Å². The van der Waals surface area contributed by atoms with E-state index in [1.165, 1.54) is 30.1 Å². The van der Waals surface area contributed by atoms with Gasteiger partial charge >= 0.3 is 12.2 Å². The summed E-state index contributed by atoms with van der Waals surface area (Å²) in [5.41, 5.74) is -2.86. The molecule has 32 heavy (non-hydrogen) atoms. The number of anilines is 1. The second-order valence-corrected chi connectivity index (χ2v) is 8.05. The number of nitrogens with zero attached hydrogens (tertiary/aromatic N) is 2. The van der Waals surface area contributed by atoms with Crippen LogP contribution in [-0.4, -0.2) is 28.9 Å². The van der Waals surface area contributed by atoms with Crippen molar-refractivity contribution < 1.29 is 22.7 Å². The molecule has 2 aliphatic rings. The highest BCUT2D eigenvalue weighted by atomic mass is 35.5. The van der Waals surface area contributed by atoms with Crippen molar-refractivity contribution in [2.45, 2.75) is 37.7 Å². The van der Waals surface area contributed by atoms with Crippen molar-refractivity contribution in [3.63, 3.8) is 0 Å². The van der Waals surface area contributed by atoms with Gasteiger partial charge in [0.25, 0.3) is 5.56 Å². The first kappa shape index (κ1) is 22.2. The zero-order valence-electron chi connectivity index (χ0n) is 16.8. The molecule has 0 spiro atoms. The molecule has 1 fully saturated rings. The molecule has 1 aromatic heterocycles. The Bertz CT molecular complexity index is 1200. The zero-order chi connectivity index (χ0) is 23.1. The predicted octanol–water partition coefficient (Wildman–Crippen LogP) is 3.40. The van der Waals surface area contributed by atoms with Crippen molar-refractivity contribution in [2.75, 3.05) is 12.4 Å². The average molecular weight is 467 g/mol. The van der Waals surface area contributed by atoms with Crippen LogP contribution in [0.2, 0.25) is 5.02 Å². The minimum absolute atomic E-state index is 0.00332. The smallest absolute Gasteiger partial charge is 0.378 e. The first-order valence-corrected chi connectivity index (χ1v) is 10.1. The largest absolute Gasteiger partial charge is 0.427 e. The molecule has 2 amide bonds. The van der Waals surface area contributed by atoms with E-state index in [1.807, 2.05) is 5.32 Å². The fourth-order valence-corrected chi connectivity index (χ4v) is 3.59. The first-order chi connectivity index (χ1) is 15.1. The van der Waals surface area contributed by atoms with E-state index in [-0.39, 0.29) is 40.9 Å². The van der Waals surface area contributed by atoms with Gasteiger partial charge in [-0.25, -0.2) is 9.78 Å². The summed E-state index contributed by atoms with van der Waals surface area (Å²) in [5.74, 6) is 4.77. The number of methoxy groups -OCH3 is 1. The molecule has 1 saturated carbocycles. The zero-order valence-corrected chi connectivity index (χ0v) is 17.6. The molecule has 1 aliphatic heterocycles. The number of urea groups is 1. The van der Waals surface area contributed by atoms with E-state index in [0.29, 0.717) is 11.3 Å². The molecule has 0 bridgehead atoms. The number of amides is 2. The molecule has 1 aliphatic carbocycles. The number of carbonyl (C=O) groups is 1. The molecular formula is C21H18ClF3N4O3. The number of benzene rings is 1. The van der Waals surface area contributed by atoms with E-state index in [2.05, 4.69) is 22.1 Å². The van der Waals surface area contributed by atoms with E-state index in [4.69, 9.17) is 16.3 Å². The van der Waals surface area contributed by atoms with E-state index in [1.54, 1.807) is 0 Å². The van der Waals surface area contributed by atoms with Gasteiger partial charge in [-0.2, -0.15) is 13.2 Å². The molecule has 0 radical (unpaired) electrons. The molecule has 2 aromatic rings. The Morgan fingerprint density at radius 2 is 2.06 bits per heavy atom. The van der Waals surface area contributed by atoms with Crippen LogP contribution in [0.25, 0.3) is 0 Å². The maximum Gasteiger partial charge on any atom is 0.427 e. The minimum atomic E-state index is -4.88. The van der Waals surface area contributed by atoms with Gasteiger partial charge in [-0.05, 0) is 30.5 Å². The summed E-state index contributed by atoms with van der Waals surface area (Å²) >= 11 is 6.32. The molecule has 0 saturated heterocycles. The van der Waals surface area contributed by atoms with Crippen molar-refractivity contribution >= 4 is 23.3 Å². The van der Waals surface area contributed by atoms with E-state index < -0.39 is 17.7 Å². The second-order valence-electron chi connectivity index (χ2n) is 7.64. The highest BCUT2D eigenvalue weighted by Gasteiger charge is 2.59. The number of hydrogen-bond acceptors (Lipinski definition) is 4. The van der Waals surface area contributed by atoms with Gasteiger partial charge in [-0.3, -0.25) is 9.36 Å². The standard InChI is InChI=1S/C21H18ClF3N4O3/c1-32-10-14-7-18(30)29(11-26-14)9-13-6-17-15(8-16(13)22)20(21(23,24)25,28-19(31)27-17)5-4-12-2-3-12/h6-8,11-12H,2-3,9-10H2,1H3,(H2,27,28,31)/t20-/m0/s1. The molecule has 168 valence electrons. The van der Waals surface area contributed by atoms with E-state index >= 15 is 0 Å². The molecule has 0 unspecified atom stereocenters. The van der Waals surface area contributed by atoms with Gasteiger partial charge in [-0.15, -0.1) is 0 Å². The summed E-state index contributed by atoms with van der Waals surface area (Å²) in [6.45, 7) is 0.109. The highest BCUT2D eigenvalue weighted by molar-refractivity contribution is 6.31. The van der Waals surface area contributed by atoms with Crippen LogP contribution in [0.15, 0.2) is 29.3 Å². The van der Waals surface area contributed by atoms with Gasteiger partial charge in [0.15, 0.2) is 0 Å². The lowest BCUT2D eigenvalue weighted by molar-refractivity contribution is -0.178. The summed E-state index contributed by atoms with van der Waals surface area (Å²) in [7, 11) is 1.47. The Kier molecular flexibility index (Phi) is 5.65. The summed E-state index contributed by atoms with van der Waals surface area (Å²) in [4.78, 5) is 28.6. The lowest BCUT2D eigenvalue weighted by atomic mass is 9.85. The van der Waals surface area contributed by atoms with Crippen LogP contribution in [0.5, 0.6) is 0 Å². The quantitative estimate of drug-likeness (QED) is 0.676.